The Kier molecular flexibility index (Phi) is 5.52. The van der Waals surface area contributed by atoms with E-state index in [1.165, 1.54) is 5.56 Å². The van der Waals surface area contributed by atoms with Crippen molar-refractivity contribution in [1.82, 2.24) is 5.32 Å². The Morgan fingerprint density at radius 3 is 2.05 bits per heavy atom. The second-order valence-electron chi connectivity index (χ2n) is 7.45. The van der Waals surface area contributed by atoms with Gasteiger partial charge in [0.15, 0.2) is 5.78 Å². The van der Waals surface area contributed by atoms with E-state index in [0.29, 0.717) is 6.54 Å². The minimum atomic E-state index is -0.0305. The van der Waals surface area contributed by atoms with Gasteiger partial charge in [0.05, 0.1) is 6.54 Å². The Morgan fingerprint density at radius 1 is 1.05 bits per heavy atom. The molecule has 0 spiro atoms. The van der Waals surface area contributed by atoms with E-state index in [1.54, 1.807) is 0 Å². The van der Waals surface area contributed by atoms with Gasteiger partial charge < -0.3 is 5.32 Å². The van der Waals surface area contributed by atoms with E-state index < -0.39 is 0 Å². The molecule has 0 aliphatic heterocycles. The molecule has 20 heavy (non-hydrogen) atoms. The summed E-state index contributed by atoms with van der Waals surface area (Å²) in [6.45, 7) is 13.5. The number of hydrogen-bond acceptors (Lipinski definition) is 2. The number of ketones is 1. The molecule has 0 saturated carbocycles. The first-order chi connectivity index (χ1) is 9.13. The monoisotopic (exact) mass is 275 g/mol. The minimum absolute atomic E-state index is 0.0305. The van der Waals surface area contributed by atoms with Gasteiger partial charge in [-0.25, -0.2) is 0 Å². The number of carbonyl (C=O) groups excluding carboxylic acids is 1. The first-order valence-corrected chi connectivity index (χ1v) is 7.50. The van der Waals surface area contributed by atoms with Crippen molar-refractivity contribution in [2.24, 2.45) is 5.41 Å². The molecule has 0 aromatic heterocycles. The van der Waals surface area contributed by atoms with Crippen LogP contribution >= 0.6 is 0 Å². The maximum atomic E-state index is 12.2. The topological polar surface area (TPSA) is 29.1 Å². The van der Waals surface area contributed by atoms with Crippen molar-refractivity contribution in [3.05, 3.63) is 35.4 Å². The molecule has 0 aliphatic carbocycles. The average Bonchev–Trinajstić information content (AvgIpc) is 2.33. The van der Waals surface area contributed by atoms with E-state index in [9.17, 15) is 4.79 Å². The van der Waals surface area contributed by atoms with Crippen LogP contribution in [0, 0.1) is 5.41 Å². The molecule has 0 radical (unpaired) electrons. The third kappa shape index (κ3) is 5.87. The number of nitrogens with one attached hydrogen (secondary N) is 1. The number of Topliss-reactive ketones (excluding diaryl/α,β-unsaturated/α-hetero) is 1. The van der Waals surface area contributed by atoms with Crippen LogP contribution in [0.1, 0.15) is 63.9 Å². The lowest BCUT2D eigenvalue weighted by Gasteiger charge is -2.33. The Hall–Kier alpha value is -1.15. The lowest BCUT2D eigenvalue weighted by Crippen LogP contribution is -2.44. The largest absolute Gasteiger partial charge is 0.305 e. The fourth-order valence-electron chi connectivity index (χ4n) is 2.74. The molecule has 0 bridgehead atoms. The highest BCUT2D eigenvalue weighted by molar-refractivity contribution is 5.97. The minimum Gasteiger partial charge on any atom is -0.305 e. The Morgan fingerprint density at radius 2 is 1.60 bits per heavy atom. The van der Waals surface area contributed by atoms with Gasteiger partial charge in [-0.15, -0.1) is 0 Å². The van der Waals surface area contributed by atoms with Gasteiger partial charge in [-0.2, -0.15) is 0 Å². The molecule has 0 amide bonds. The number of rotatable bonds is 6. The van der Waals surface area contributed by atoms with Crippen LogP contribution in [-0.4, -0.2) is 17.9 Å². The molecule has 1 aromatic carbocycles. The molecule has 2 heteroatoms. The van der Waals surface area contributed by atoms with Gasteiger partial charge in [-0.3, -0.25) is 4.79 Å². The van der Waals surface area contributed by atoms with E-state index in [2.05, 4.69) is 46.9 Å². The standard InChI is InChI=1S/C18H29NO/c1-7-14-8-10-15(11-9-14)16(20)12-19-18(5,6)13-17(2,3)4/h8-11,19H,7,12-13H2,1-6H3. The summed E-state index contributed by atoms with van der Waals surface area (Å²) in [5.74, 6) is 0.162. The van der Waals surface area contributed by atoms with Crippen molar-refractivity contribution < 1.29 is 4.79 Å². The van der Waals surface area contributed by atoms with Crippen molar-refractivity contribution >= 4 is 5.78 Å². The summed E-state index contributed by atoms with van der Waals surface area (Å²) in [6.07, 6.45) is 2.04. The van der Waals surface area contributed by atoms with Crippen molar-refractivity contribution in [3.63, 3.8) is 0 Å². The van der Waals surface area contributed by atoms with Crippen molar-refractivity contribution in [2.45, 2.75) is 59.9 Å². The predicted octanol–water partition coefficient (Wildman–Crippen LogP) is 4.24. The fourth-order valence-corrected chi connectivity index (χ4v) is 2.74. The molecule has 0 heterocycles. The van der Waals surface area contributed by atoms with Gasteiger partial charge in [0.25, 0.3) is 0 Å². The average molecular weight is 275 g/mol. The number of benzene rings is 1. The Balaban J connectivity index is 2.58. The molecule has 112 valence electrons. The summed E-state index contributed by atoms with van der Waals surface area (Å²) in [7, 11) is 0. The van der Waals surface area contributed by atoms with Gasteiger partial charge in [0.2, 0.25) is 0 Å². The van der Waals surface area contributed by atoms with Gasteiger partial charge in [-0.05, 0) is 37.7 Å². The first kappa shape index (κ1) is 16.9. The van der Waals surface area contributed by atoms with Crippen LogP contribution in [-0.2, 0) is 6.42 Å². The summed E-state index contributed by atoms with van der Waals surface area (Å²) >= 11 is 0. The van der Waals surface area contributed by atoms with Gasteiger partial charge >= 0.3 is 0 Å². The molecule has 0 fully saturated rings. The summed E-state index contributed by atoms with van der Waals surface area (Å²) < 4.78 is 0. The Bertz CT molecular complexity index is 437. The third-order valence-corrected chi connectivity index (χ3v) is 3.38. The molecular formula is C18H29NO. The molecule has 0 saturated heterocycles. The highest BCUT2D eigenvalue weighted by Crippen LogP contribution is 2.26. The van der Waals surface area contributed by atoms with Crippen LogP contribution in [0.2, 0.25) is 0 Å². The second-order valence-corrected chi connectivity index (χ2v) is 7.45. The zero-order chi connectivity index (χ0) is 15.4. The maximum Gasteiger partial charge on any atom is 0.176 e. The van der Waals surface area contributed by atoms with E-state index in [4.69, 9.17) is 0 Å². The molecule has 1 aromatic rings. The highest BCUT2D eigenvalue weighted by atomic mass is 16.1. The quantitative estimate of drug-likeness (QED) is 0.787. The van der Waals surface area contributed by atoms with Crippen LogP contribution in [0.4, 0.5) is 0 Å². The van der Waals surface area contributed by atoms with Gasteiger partial charge in [-0.1, -0.05) is 52.0 Å². The van der Waals surface area contributed by atoms with E-state index in [1.807, 2.05) is 24.3 Å². The zero-order valence-corrected chi connectivity index (χ0v) is 13.8. The molecule has 1 N–H and O–H groups in total. The van der Waals surface area contributed by atoms with Gasteiger partial charge in [0.1, 0.15) is 0 Å². The number of aryl methyl sites for hydroxylation is 1. The van der Waals surface area contributed by atoms with Gasteiger partial charge in [0, 0.05) is 11.1 Å². The highest BCUT2D eigenvalue weighted by Gasteiger charge is 2.25. The maximum absolute atomic E-state index is 12.2. The predicted molar refractivity (Wildman–Crippen MR) is 86.3 cm³/mol. The SMILES string of the molecule is CCc1ccc(C(=O)CNC(C)(C)CC(C)(C)C)cc1. The first-order valence-electron chi connectivity index (χ1n) is 7.50. The zero-order valence-electron chi connectivity index (χ0n) is 13.8. The summed E-state index contributed by atoms with van der Waals surface area (Å²) in [5, 5.41) is 3.39. The lowest BCUT2D eigenvalue weighted by molar-refractivity contribution is 0.0973. The van der Waals surface area contributed by atoms with Crippen LogP contribution in [0.5, 0.6) is 0 Å². The van der Waals surface area contributed by atoms with Crippen LogP contribution in [0.25, 0.3) is 0 Å². The smallest absolute Gasteiger partial charge is 0.176 e. The molecule has 0 atom stereocenters. The van der Waals surface area contributed by atoms with E-state index in [-0.39, 0.29) is 16.7 Å². The normalized spacial score (nSPS) is 12.5. The van der Waals surface area contributed by atoms with Crippen molar-refractivity contribution in [2.75, 3.05) is 6.54 Å². The second kappa shape index (κ2) is 6.53. The van der Waals surface area contributed by atoms with Crippen molar-refractivity contribution in [1.29, 1.82) is 0 Å². The summed E-state index contributed by atoms with van der Waals surface area (Å²) in [6, 6.07) is 7.93. The fraction of sp³-hybridized carbons (Fsp3) is 0.611. The van der Waals surface area contributed by atoms with Crippen LogP contribution in [0.15, 0.2) is 24.3 Å². The number of hydrogen-bond donors (Lipinski definition) is 1. The van der Waals surface area contributed by atoms with Crippen LogP contribution in [0.3, 0.4) is 0 Å². The summed E-state index contributed by atoms with van der Waals surface area (Å²) in [5.41, 5.74) is 2.28. The van der Waals surface area contributed by atoms with Crippen LogP contribution < -0.4 is 5.32 Å². The molecular weight excluding hydrogens is 246 g/mol. The molecule has 1 rings (SSSR count). The molecule has 0 aliphatic rings. The molecule has 2 nitrogen and oxygen atoms in total. The third-order valence-electron chi connectivity index (χ3n) is 3.38. The van der Waals surface area contributed by atoms with E-state index in [0.717, 1.165) is 18.4 Å². The van der Waals surface area contributed by atoms with E-state index >= 15 is 0 Å². The Labute approximate surface area is 124 Å². The van der Waals surface area contributed by atoms with Crippen molar-refractivity contribution in [3.8, 4) is 0 Å². The molecule has 0 unspecified atom stereocenters. The number of carbonyl (C=O) groups is 1. The lowest BCUT2D eigenvalue weighted by atomic mass is 9.82. The summed E-state index contributed by atoms with van der Waals surface area (Å²) in [4.78, 5) is 12.2.